The van der Waals surface area contributed by atoms with Crippen LogP contribution in [0.2, 0.25) is 0 Å². The van der Waals surface area contributed by atoms with Crippen LogP contribution in [0, 0.1) is 0 Å². The van der Waals surface area contributed by atoms with Gasteiger partial charge in [0.15, 0.2) is 0 Å². The summed E-state index contributed by atoms with van der Waals surface area (Å²) in [4.78, 5) is 29.1. The van der Waals surface area contributed by atoms with Crippen LogP contribution in [-0.2, 0) is 4.79 Å². The molecular weight excluding hydrogens is 272 g/mol. The molecule has 7 nitrogen and oxygen atoms in total. The third-order valence-electron chi connectivity index (χ3n) is 4.46. The maximum Gasteiger partial charge on any atom is 0.320 e. The summed E-state index contributed by atoms with van der Waals surface area (Å²) in [6, 6.07) is -0.271. The molecule has 2 aliphatic heterocycles. The fraction of sp³-hybridized carbons (Fsp3) is 0.857. The van der Waals surface area contributed by atoms with E-state index in [1.165, 1.54) is 0 Å². The highest BCUT2D eigenvalue weighted by Crippen LogP contribution is 2.10. The molecule has 2 N–H and O–H groups in total. The van der Waals surface area contributed by atoms with Crippen molar-refractivity contribution >= 4 is 12.0 Å². The number of carboxylic acid groups (broad SMARTS) is 1. The van der Waals surface area contributed by atoms with Gasteiger partial charge in [-0.15, -0.1) is 0 Å². The zero-order chi connectivity index (χ0) is 15.4. The average Bonchev–Trinajstić information content (AvgIpc) is 2.46. The van der Waals surface area contributed by atoms with Gasteiger partial charge in [0.1, 0.15) is 6.04 Å². The van der Waals surface area contributed by atoms with Crippen molar-refractivity contribution in [2.75, 3.05) is 46.3 Å². The van der Waals surface area contributed by atoms with Crippen molar-refractivity contribution < 1.29 is 14.7 Å². The van der Waals surface area contributed by atoms with Gasteiger partial charge in [0.05, 0.1) is 0 Å². The fourth-order valence-corrected chi connectivity index (χ4v) is 3.02. The lowest BCUT2D eigenvalue weighted by Gasteiger charge is -2.38. The number of nitrogens with zero attached hydrogens (tertiary/aromatic N) is 3. The number of carbonyl (C=O) groups is 2. The molecule has 0 saturated carbocycles. The molecule has 2 atom stereocenters. The van der Waals surface area contributed by atoms with Crippen LogP contribution >= 0.6 is 0 Å². The number of piperazine rings is 1. The van der Waals surface area contributed by atoms with E-state index in [2.05, 4.69) is 17.3 Å². The number of carboxylic acids is 1. The van der Waals surface area contributed by atoms with Crippen LogP contribution in [0.15, 0.2) is 0 Å². The summed E-state index contributed by atoms with van der Waals surface area (Å²) in [5.74, 6) is -0.807. The summed E-state index contributed by atoms with van der Waals surface area (Å²) < 4.78 is 0. The number of rotatable bonds is 3. The second-order valence-electron chi connectivity index (χ2n) is 6.09. The normalized spacial score (nSPS) is 26.4. The Labute approximate surface area is 125 Å². The van der Waals surface area contributed by atoms with Gasteiger partial charge in [-0.1, -0.05) is 0 Å². The van der Waals surface area contributed by atoms with Crippen LogP contribution < -0.4 is 5.32 Å². The van der Waals surface area contributed by atoms with E-state index < -0.39 is 12.0 Å². The number of carbonyl (C=O) groups excluding carboxylic acids is 1. The second-order valence-corrected chi connectivity index (χ2v) is 6.09. The molecule has 0 aromatic carbocycles. The highest BCUT2D eigenvalue weighted by atomic mass is 16.4. The molecule has 0 aromatic heterocycles. The summed E-state index contributed by atoms with van der Waals surface area (Å²) in [5.41, 5.74) is 0. The van der Waals surface area contributed by atoms with E-state index in [4.69, 9.17) is 5.11 Å². The lowest BCUT2D eigenvalue weighted by molar-refractivity contribution is -0.143. The Bertz CT molecular complexity index is 382. The van der Waals surface area contributed by atoms with Crippen LogP contribution in [0.5, 0.6) is 0 Å². The van der Waals surface area contributed by atoms with Crippen LogP contribution in [0.1, 0.15) is 19.8 Å². The Morgan fingerprint density at radius 3 is 2.43 bits per heavy atom. The molecule has 0 bridgehead atoms. The number of hydrogen-bond acceptors (Lipinski definition) is 4. The van der Waals surface area contributed by atoms with Crippen molar-refractivity contribution in [1.29, 1.82) is 0 Å². The molecule has 2 unspecified atom stereocenters. The van der Waals surface area contributed by atoms with E-state index in [0.29, 0.717) is 26.2 Å². The Morgan fingerprint density at radius 2 is 1.86 bits per heavy atom. The van der Waals surface area contributed by atoms with E-state index in [1.54, 1.807) is 11.8 Å². The number of aliphatic carboxylic acids is 1. The first-order chi connectivity index (χ1) is 9.97. The molecule has 0 radical (unpaired) electrons. The molecule has 0 aromatic rings. The Morgan fingerprint density at radius 1 is 1.19 bits per heavy atom. The number of piperidine rings is 1. The SMILES string of the molecule is CC(C(=O)O)N1CCN(C(=O)NC2CCCN(C)C2)CC1. The first kappa shape index (κ1) is 16.0. The number of hydrogen-bond donors (Lipinski definition) is 2. The van der Waals surface area contributed by atoms with Crippen LogP contribution in [0.25, 0.3) is 0 Å². The molecule has 2 aliphatic rings. The third kappa shape index (κ3) is 4.31. The Hall–Kier alpha value is -1.34. The van der Waals surface area contributed by atoms with Gasteiger partial charge in [0.25, 0.3) is 0 Å². The first-order valence-electron chi connectivity index (χ1n) is 7.68. The minimum atomic E-state index is -0.807. The maximum atomic E-state index is 12.2. The molecule has 120 valence electrons. The highest BCUT2D eigenvalue weighted by Gasteiger charge is 2.28. The fourth-order valence-electron chi connectivity index (χ4n) is 3.02. The van der Waals surface area contributed by atoms with Crippen LogP contribution in [-0.4, -0.2) is 90.2 Å². The second kappa shape index (κ2) is 7.09. The quantitative estimate of drug-likeness (QED) is 0.760. The average molecular weight is 298 g/mol. The predicted octanol–water partition coefficient (Wildman–Crippen LogP) is -0.119. The molecule has 2 rings (SSSR count). The number of amides is 2. The minimum absolute atomic E-state index is 0.0158. The molecule has 7 heteroatoms. The van der Waals surface area contributed by atoms with Gasteiger partial charge in [-0.2, -0.15) is 0 Å². The van der Waals surface area contributed by atoms with Gasteiger partial charge >= 0.3 is 12.0 Å². The van der Waals surface area contributed by atoms with E-state index >= 15 is 0 Å². The summed E-state index contributed by atoms with van der Waals surface area (Å²) in [5, 5.41) is 12.1. The number of likely N-dealkylation sites (N-methyl/N-ethyl adjacent to an activating group) is 1. The zero-order valence-corrected chi connectivity index (χ0v) is 12.9. The van der Waals surface area contributed by atoms with Crippen molar-refractivity contribution in [3.05, 3.63) is 0 Å². The molecule has 0 spiro atoms. The monoisotopic (exact) mass is 298 g/mol. The van der Waals surface area contributed by atoms with E-state index in [0.717, 1.165) is 25.9 Å². The molecule has 21 heavy (non-hydrogen) atoms. The maximum absolute atomic E-state index is 12.2. The van der Waals surface area contributed by atoms with Gasteiger partial charge in [-0.25, -0.2) is 4.79 Å². The van der Waals surface area contributed by atoms with Gasteiger partial charge in [0, 0.05) is 38.8 Å². The predicted molar refractivity (Wildman–Crippen MR) is 79.3 cm³/mol. The van der Waals surface area contributed by atoms with Crippen molar-refractivity contribution in [2.24, 2.45) is 0 Å². The molecule has 2 amide bonds. The molecule has 2 heterocycles. The largest absolute Gasteiger partial charge is 0.480 e. The van der Waals surface area contributed by atoms with Crippen LogP contribution in [0.3, 0.4) is 0 Å². The summed E-state index contributed by atoms with van der Waals surface area (Å²) in [6.45, 7) is 6.10. The van der Waals surface area contributed by atoms with Crippen molar-refractivity contribution in [3.63, 3.8) is 0 Å². The topological polar surface area (TPSA) is 76.1 Å². The van der Waals surface area contributed by atoms with E-state index in [9.17, 15) is 9.59 Å². The van der Waals surface area contributed by atoms with E-state index in [-0.39, 0.29) is 12.1 Å². The van der Waals surface area contributed by atoms with Crippen molar-refractivity contribution in [3.8, 4) is 0 Å². The number of likely N-dealkylation sites (tertiary alicyclic amines) is 1. The smallest absolute Gasteiger partial charge is 0.320 e. The van der Waals surface area contributed by atoms with Gasteiger partial charge < -0.3 is 20.2 Å². The minimum Gasteiger partial charge on any atom is -0.480 e. The van der Waals surface area contributed by atoms with Crippen molar-refractivity contribution in [1.82, 2.24) is 20.0 Å². The zero-order valence-electron chi connectivity index (χ0n) is 12.9. The number of urea groups is 1. The molecule has 2 fully saturated rings. The van der Waals surface area contributed by atoms with E-state index in [1.807, 2.05) is 4.90 Å². The summed E-state index contributed by atoms with van der Waals surface area (Å²) in [7, 11) is 2.07. The van der Waals surface area contributed by atoms with Gasteiger partial charge in [0.2, 0.25) is 0 Å². The van der Waals surface area contributed by atoms with Crippen LogP contribution in [0.4, 0.5) is 4.79 Å². The lowest BCUT2D eigenvalue weighted by Crippen LogP contribution is -2.57. The molecular formula is C14H26N4O3. The third-order valence-corrected chi connectivity index (χ3v) is 4.46. The summed E-state index contributed by atoms with van der Waals surface area (Å²) >= 11 is 0. The summed E-state index contributed by atoms with van der Waals surface area (Å²) in [6.07, 6.45) is 2.15. The van der Waals surface area contributed by atoms with Gasteiger partial charge in [-0.05, 0) is 33.4 Å². The first-order valence-corrected chi connectivity index (χ1v) is 7.68. The highest BCUT2D eigenvalue weighted by molar-refractivity contribution is 5.75. The lowest BCUT2D eigenvalue weighted by atomic mass is 10.1. The van der Waals surface area contributed by atoms with Crippen molar-refractivity contribution in [2.45, 2.75) is 31.8 Å². The standard InChI is InChI=1S/C14H26N4O3/c1-11(13(19)20)17-6-8-18(9-7-17)14(21)15-12-4-3-5-16(2)10-12/h11-12H,3-10H2,1-2H3,(H,15,21)(H,19,20). The molecule has 2 saturated heterocycles. The Balaban J connectivity index is 1.76. The number of nitrogens with one attached hydrogen (secondary N) is 1. The Kier molecular flexibility index (Phi) is 5.41. The van der Waals surface area contributed by atoms with Gasteiger partial charge in [-0.3, -0.25) is 9.69 Å². The molecule has 0 aliphatic carbocycles.